The average Bonchev–Trinajstić information content (AvgIpc) is 2.83. The molecule has 0 unspecified atom stereocenters. The third kappa shape index (κ3) is 2.86. The standard InChI is InChI=1S/C16H24N2O2/c1-12(2)18(20)11-7-10-15(18)16(19)17-13(3)14-8-5-4-6-9-14/h4-6,8-9,12-13,15H,7,10-11H2,1-3H3,(H,17,19)/t13-,15-,18+/m0/s1. The first-order chi connectivity index (χ1) is 9.45. The molecule has 1 heterocycles. The molecule has 0 radical (unpaired) electrons. The van der Waals surface area contributed by atoms with E-state index in [0.29, 0.717) is 13.0 Å². The molecule has 4 heteroatoms. The van der Waals surface area contributed by atoms with Crippen LogP contribution in [0.5, 0.6) is 0 Å². The molecule has 1 amide bonds. The van der Waals surface area contributed by atoms with Crippen molar-refractivity contribution in [2.24, 2.45) is 0 Å². The predicted molar refractivity (Wildman–Crippen MR) is 79.7 cm³/mol. The highest BCUT2D eigenvalue weighted by Crippen LogP contribution is 2.29. The molecule has 0 aromatic heterocycles. The molecule has 1 aliphatic heterocycles. The van der Waals surface area contributed by atoms with Gasteiger partial charge in [-0.05, 0) is 26.3 Å². The highest BCUT2D eigenvalue weighted by Gasteiger charge is 2.42. The highest BCUT2D eigenvalue weighted by molar-refractivity contribution is 5.81. The molecule has 4 nitrogen and oxygen atoms in total. The summed E-state index contributed by atoms with van der Waals surface area (Å²) < 4.78 is -0.382. The summed E-state index contributed by atoms with van der Waals surface area (Å²) in [6.45, 7) is 6.31. The number of benzene rings is 1. The van der Waals surface area contributed by atoms with Gasteiger partial charge in [-0.2, -0.15) is 0 Å². The van der Waals surface area contributed by atoms with Crippen molar-refractivity contribution in [2.45, 2.75) is 51.7 Å². The number of hydroxylamine groups is 3. The van der Waals surface area contributed by atoms with E-state index < -0.39 is 6.04 Å². The van der Waals surface area contributed by atoms with Crippen molar-refractivity contribution in [3.8, 4) is 0 Å². The Balaban J connectivity index is 2.05. The Labute approximate surface area is 121 Å². The smallest absolute Gasteiger partial charge is 0.279 e. The number of rotatable bonds is 4. The summed E-state index contributed by atoms with van der Waals surface area (Å²) >= 11 is 0. The number of hydrogen-bond donors (Lipinski definition) is 1. The second-order valence-corrected chi connectivity index (χ2v) is 5.97. The lowest BCUT2D eigenvalue weighted by Gasteiger charge is -2.47. The molecular weight excluding hydrogens is 252 g/mol. The molecule has 20 heavy (non-hydrogen) atoms. The van der Waals surface area contributed by atoms with Gasteiger partial charge in [0.15, 0.2) is 6.04 Å². The number of nitrogens with zero attached hydrogens (tertiary/aromatic N) is 1. The number of likely N-dealkylation sites (tertiary alicyclic amines) is 1. The van der Waals surface area contributed by atoms with Crippen molar-refractivity contribution < 1.29 is 9.44 Å². The van der Waals surface area contributed by atoms with Crippen molar-refractivity contribution in [3.63, 3.8) is 0 Å². The van der Waals surface area contributed by atoms with Crippen LogP contribution in [0.15, 0.2) is 30.3 Å². The first-order valence-corrected chi connectivity index (χ1v) is 7.39. The number of amides is 1. The number of carbonyl (C=O) groups is 1. The van der Waals surface area contributed by atoms with E-state index in [0.717, 1.165) is 12.0 Å². The van der Waals surface area contributed by atoms with Crippen LogP contribution in [-0.2, 0) is 4.79 Å². The van der Waals surface area contributed by atoms with Gasteiger partial charge in [0.1, 0.15) is 0 Å². The van der Waals surface area contributed by atoms with Crippen molar-refractivity contribution in [1.82, 2.24) is 5.32 Å². The van der Waals surface area contributed by atoms with E-state index in [1.54, 1.807) is 0 Å². The first kappa shape index (κ1) is 15.0. The van der Waals surface area contributed by atoms with Gasteiger partial charge in [-0.15, -0.1) is 0 Å². The van der Waals surface area contributed by atoms with Crippen LogP contribution in [0.3, 0.4) is 0 Å². The molecule has 1 aromatic carbocycles. The molecule has 1 fully saturated rings. The van der Waals surface area contributed by atoms with E-state index in [4.69, 9.17) is 0 Å². The summed E-state index contributed by atoms with van der Waals surface area (Å²) in [4.78, 5) is 12.4. The van der Waals surface area contributed by atoms with E-state index in [-0.39, 0.29) is 22.6 Å². The Bertz CT molecular complexity index is 461. The van der Waals surface area contributed by atoms with Crippen LogP contribution in [0.2, 0.25) is 0 Å². The normalized spacial score (nSPS) is 27.6. The lowest BCUT2D eigenvalue weighted by molar-refractivity contribution is -0.904. The molecule has 0 saturated carbocycles. The van der Waals surface area contributed by atoms with Crippen molar-refractivity contribution in [2.75, 3.05) is 6.54 Å². The number of quaternary nitrogens is 1. The van der Waals surface area contributed by atoms with E-state index in [2.05, 4.69) is 5.32 Å². The van der Waals surface area contributed by atoms with Crippen LogP contribution >= 0.6 is 0 Å². The highest BCUT2D eigenvalue weighted by atomic mass is 16.6. The quantitative estimate of drug-likeness (QED) is 0.679. The van der Waals surface area contributed by atoms with Crippen LogP contribution in [0.4, 0.5) is 0 Å². The third-order valence-electron chi connectivity index (χ3n) is 4.35. The van der Waals surface area contributed by atoms with Gasteiger partial charge in [0, 0.05) is 12.8 Å². The van der Waals surface area contributed by atoms with Crippen LogP contribution in [-0.4, -0.2) is 29.2 Å². The molecule has 2 rings (SSSR count). The fourth-order valence-electron chi connectivity index (χ4n) is 2.99. The van der Waals surface area contributed by atoms with Crippen molar-refractivity contribution >= 4 is 5.91 Å². The van der Waals surface area contributed by atoms with Crippen molar-refractivity contribution in [1.29, 1.82) is 0 Å². The molecule has 0 bridgehead atoms. The van der Waals surface area contributed by atoms with Gasteiger partial charge in [-0.1, -0.05) is 30.3 Å². The Morgan fingerprint density at radius 2 is 1.95 bits per heavy atom. The molecule has 1 aromatic rings. The lowest BCUT2D eigenvalue weighted by Crippen LogP contribution is -2.57. The Morgan fingerprint density at radius 1 is 1.30 bits per heavy atom. The van der Waals surface area contributed by atoms with Crippen LogP contribution in [0.1, 0.15) is 45.2 Å². The summed E-state index contributed by atoms with van der Waals surface area (Å²) in [6, 6.07) is 9.24. The van der Waals surface area contributed by atoms with Gasteiger partial charge in [0.05, 0.1) is 18.6 Å². The van der Waals surface area contributed by atoms with Gasteiger partial charge >= 0.3 is 0 Å². The van der Waals surface area contributed by atoms with Crippen molar-refractivity contribution in [3.05, 3.63) is 41.1 Å². The van der Waals surface area contributed by atoms with E-state index in [1.165, 1.54) is 0 Å². The fraction of sp³-hybridized carbons (Fsp3) is 0.562. The van der Waals surface area contributed by atoms with E-state index in [1.807, 2.05) is 51.1 Å². The van der Waals surface area contributed by atoms with Gasteiger partial charge in [-0.3, -0.25) is 4.79 Å². The van der Waals surface area contributed by atoms with Gasteiger partial charge in [0.2, 0.25) is 0 Å². The minimum atomic E-state index is -0.457. The molecule has 0 aliphatic carbocycles. The van der Waals surface area contributed by atoms with Gasteiger partial charge < -0.3 is 15.2 Å². The van der Waals surface area contributed by atoms with Crippen LogP contribution in [0, 0.1) is 5.21 Å². The largest absolute Gasteiger partial charge is 0.632 e. The fourth-order valence-corrected chi connectivity index (χ4v) is 2.99. The SMILES string of the molecule is CC(C)[N@+]1([O-])CCC[C@H]1C(=O)N[C@@H](C)c1ccccc1. The monoisotopic (exact) mass is 276 g/mol. The molecule has 1 N–H and O–H groups in total. The molecular formula is C16H24N2O2. The van der Waals surface area contributed by atoms with E-state index in [9.17, 15) is 10.0 Å². The first-order valence-electron chi connectivity index (χ1n) is 7.39. The minimum absolute atomic E-state index is 0.0649. The second-order valence-electron chi connectivity index (χ2n) is 5.97. The molecule has 0 spiro atoms. The zero-order valence-corrected chi connectivity index (χ0v) is 12.5. The average molecular weight is 276 g/mol. The summed E-state index contributed by atoms with van der Waals surface area (Å²) in [5.74, 6) is -0.109. The maximum absolute atomic E-state index is 12.8. The zero-order chi connectivity index (χ0) is 14.8. The van der Waals surface area contributed by atoms with Crippen LogP contribution < -0.4 is 5.32 Å². The molecule has 110 valence electrons. The van der Waals surface area contributed by atoms with Crippen LogP contribution in [0.25, 0.3) is 0 Å². The van der Waals surface area contributed by atoms with E-state index >= 15 is 0 Å². The summed E-state index contributed by atoms with van der Waals surface area (Å²) in [6.07, 6.45) is 1.52. The topological polar surface area (TPSA) is 52.2 Å². The summed E-state index contributed by atoms with van der Waals surface area (Å²) in [5.41, 5.74) is 1.06. The lowest BCUT2D eigenvalue weighted by atomic mass is 10.1. The molecule has 1 saturated heterocycles. The number of carbonyl (C=O) groups excluding carboxylic acids is 1. The van der Waals surface area contributed by atoms with Gasteiger partial charge in [0.25, 0.3) is 5.91 Å². The number of hydrogen-bond acceptors (Lipinski definition) is 2. The second kappa shape index (κ2) is 5.94. The molecule has 3 atom stereocenters. The molecule has 1 aliphatic rings. The Kier molecular flexibility index (Phi) is 4.45. The minimum Gasteiger partial charge on any atom is -0.632 e. The summed E-state index contributed by atoms with van der Waals surface area (Å²) in [5, 5.41) is 15.8. The Morgan fingerprint density at radius 3 is 2.55 bits per heavy atom. The third-order valence-corrected chi connectivity index (χ3v) is 4.35. The maximum Gasteiger partial charge on any atom is 0.279 e. The zero-order valence-electron chi connectivity index (χ0n) is 12.5. The maximum atomic E-state index is 12.8. The predicted octanol–water partition coefficient (Wildman–Crippen LogP) is 2.75. The Hall–Kier alpha value is -1.39. The number of nitrogens with one attached hydrogen (secondary N) is 1. The van der Waals surface area contributed by atoms with Gasteiger partial charge in [-0.25, -0.2) is 0 Å². The summed E-state index contributed by atoms with van der Waals surface area (Å²) in [7, 11) is 0.